The minimum atomic E-state index is -1.62. The van der Waals surface area contributed by atoms with E-state index in [9.17, 15) is 34.5 Å². The van der Waals surface area contributed by atoms with Gasteiger partial charge in [-0.3, -0.25) is 19.4 Å². The third kappa shape index (κ3) is 11.4. The second kappa shape index (κ2) is 15.5. The number of benzene rings is 1. The van der Waals surface area contributed by atoms with Crippen LogP contribution in [0, 0.1) is 0 Å². The van der Waals surface area contributed by atoms with Crippen LogP contribution in [0.4, 0.5) is 0 Å². The number of guanidine groups is 1. The van der Waals surface area contributed by atoms with E-state index in [1.807, 2.05) is 0 Å². The number of aliphatic carboxylic acids is 1. The number of aliphatic hydroxyl groups is 1. The molecule has 5 unspecified atom stereocenters. The van der Waals surface area contributed by atoms with Crippen LogP contribution in [0.15, 0.2) is 29.3 Å². The lowest BCUT2D eigenvalue weighted by Crippen LogP contribution is -2.58. The molecule has 1 aromatic rings. The molecule has 0 radical (unpaired) electrons. The first-order valence-electron chi connectivity index (χ1n) is 11.4. The van der Waals surface area contributed by atoms with Crippen molar-refractivity contribution in [3.63, 3.8) is 0 Å². The summed E-state index contributed by atoms with van der Waals surface area (Å²) in [5.41, 5.74) is 16.9. The van der Waals surface area contributed by atoms with Gasteiger partial charge in [0, 0.05) is 18.7 Å². The second-order valence-corrected chi connectivity index (χ2v) is 8.66. The van der Waals surface area contributed by atoms with Crippen molar-refractivity contribution in [3.8, 4) is 5.75 Å². The monoisotopic (exact) mass is 541 g/mol. The zero-order valence-corrected chi connectivity index (χ0v) is 21.2. The van der Waals surface area contributed by atoms with Crippen molar-refractivity contribution < 1.29 is 34.5 Å². The van der Waals surface area contributed by atoms with E-state index in [0.717, 1.165) is 0 Å². The largest absolute Gasteiger partial charge is 0.508 e. The van der Waals surface area contributed by atoms with Gasteiger partial charge in [0.2, 0.25) is 17.7 Å². The third-order valence-corrected chi connectivity index (χ3v) is 5.56. The summed E-state index contributed by atoms with van der Waals surface area (Å²) in [5.74, 6) is -3.87. The van der Waals surface area contributed by atoms with Crippen molar-refractivity contribution in [3.05, 3.63) is 29.8 Å². The summed E-state index contributed by atoms with van der Waals surface area (Å²) in [4.78, 5) is 53.7. The maximum Gasteiger partial charge on any atom is 0.328 e. The van der Waals surface area contributed by atoms with E-state index < -0.39 is 54.0 Å². The molecule has 1 aromatic carbocycles. The molecule has 0 bridgehead atoms. The van der Waals surface area contributed by atoms with E-state index in [1.165, 1.54) is 19.1 Å². The lowest BCUT2D eigenvalue weighted by Gasteiger charge is -2.26. The molecule has 0 saturated heterocycles. The number of thiol groups is 1. The van der Waals surface area contributed by atoms with E-state index >= 15 is 0 Å². The zero-order chi connectivity index (χ0) is 28.1. The predicted molar refractivity (Wildman–Crippen MR) is 139 cm³/mol. The Morgan fingerprint density at radius 2 is 1.57 bits per heavy atom. The summed E-state index contributed by atoms with van der Waals surface area (Å²) in [7, 11) is 0. The molecule has 14 nitrogen and oxygen atoms in total. The van der Waals surface area contributed by atoms with E-state index in [1.54, 1.807) is 12.1 Å². The van der Waals surface area contributed by atoms with Crippen LogP contribution in [0.2, 0.25) is 0 Å². The average Bonchev–Trinajstić information content (AvgIpc) is 2.83. The van der Waals surface area contributed by atoms with Crippen LogP contribution in [0.1, 0.15) is 25.3 Å². The number of carboxylic acid groups (broad SMARTS) is 1. The summed E-state index contributed by atoms with van der Waals surface area (Å²) >= 11 is 3.98. The first-order chi connectivity index (χ1) is 17.3. The summed E-state index contributed by atoms with van der Waals surface area (Å²) in [5, 5.41) is 35.8. The molecule has 15 heteroatoms. The van der Waals surface area contributed by atoms with Gasteiger partial charge in [0.15, 0.2) is 12.0 Å². The Hall–Kier alpha value is -3.56. The van der Waals surface area contributed by atoms with Crippen molar-refractivity contribution >= 4 is 42.3 Å². The molecule has 0 spiro atoms. The smallest absolute Gasteiger partial charge is 0.328 e. The lowest BCUT2D eigenvalue weighted by molar-refractivity contribution is -0.145. The van der Waals surface area contributed by atoms with Crippen LogP contribution in [-0.2, 0) is 25.6 Å². The number of aliphatic imine (C=N–C) groups is 1. The number of hydrogen-bond donors (Lipinski definition) is 10. The quantitative estimate of drug-likeness (QED) is 0.0471. The van der Waals surface area contributed by atoms with Crippen LogP contribution in [0.3, 0.4) is 0 Å². The van der Waals surface area contributed by atoms with Crippen LogP contribution < -0.4 is 33.2 Å². The number of amides is 3. The van der Waals surface area contributed by atoms with E-state index in [-0.39, 0.29) is 43.3 Å². The van der Waals surface area contributed by atoms with Crippen LogP contribution >= 0.6 is 12.6 Å². The molecule has 206 valence electrons. The molecule has 0 saturated carbocycles. The Kier molecular flexibility index (Phi) is 13.2. The van der Waals surface area contributed by atoms with Gasteiger partial charge >= 0.3 is 5.97 Å². The zero-order valence-electron chi connectivity index (χ0n) is 20.3. The summed E-state index contributed by atoms with van der Waals surface area (Å²) in [6.45, 7) is 1.32. The van der Waals surface area contributed by atoms with Gasteiger partial charge in [0.25, 0.3) is 0 Å². The number of carbonyl (C=O) groups is 4. The average molecular weight is 542 g/mol. The highest BCUT2D eigenvalue weighted by Gasteiger charge is 2.31. The van der Waals surface area contributed by atoms with Gasteiger partial charge in [-0.2, -0.15) is 12.6 Å². The van der Waals surface area contributed by atoms with Crippen molar-refractivity contribution in [1.29, 1.82) is 0 Å². The van der Waals surface area contributed by atoms with Gasteiger partial charge < -0.3 is 48.5 Å². The van der Waals surface area contributed by atoms with Crippen molar-refractivity contribution in [2.75, 3.05) is 12.3 Å². The summed E-state index contributed by atoms with van der Waals surface area (Å²) < 4.78 is 0. The van der Waals surface area contributed by atoms with Crippen molar-refractivity contribution in [1.82, 2.24) is 16.0 Å². The Bertz CT molecular complexity index is 955. The molecule has 0 aliphatic rings. The first-order valence-corrected chi connectivity index (χ1v) is 12.0. The minimum Gasteiger partial charge on any atom is -0.508 e. The molecule has 0 heterocycles. The van der Waals surface area contributed by atoms with Gasteiger partial charge in [-0.05, 0) is 37.5 Å². The number of hydrogen-bond acceptors (Lipinski definition) is 9. The molecule has 5 atom stereocenters. The highest BCUT2D eigenvalue weighted by Crippen LogP contribution is 2.12. The van der Waals surface area contributed by atoms with Crippen LogP contribution in [0.5, 0.6) is 5.75 Å². The van der Waals surface area contributed by atoms with Gasteiger partial charge in [0.05, 0.1) is 12.1 Å². The fourth-order valence-electron chi connectivity index (χ4n) is 3.13. The van der Waals surface area contributed by atoms with Crippen molar-refractivity contribution in [2.45, 2.75) is 56.5 Å². The van der Waals surface area contributed by atoms with Crippen LogP contribution in [-0.4, -0.2) is 87.5 Å². The Labute approximate surface area is 219 Å². The molecule has 3 amide bonds. The fraction of sp³-hybridized carbons (Fsp3) is 0.500. The molecular weight excluding hydrogens is 506 g/mol. The normalized spacial score (nSPS) is 14.8. The molecular formula is C22H35N7O7S. The number of aliphatic hydroxyl groups excluding tert-OH is 1. The Morgan fingerprint density at radius 3 is 2.08 bits per heavy atom. The number of nitrogens with zero attached hydrogens (tertiary/aromatic N) is 1. The minimum absolute atomic E-state index is 0.00879. The Balaban J connectivity index is 3.15. The molecule has 0 aliphatic heterocycles. The molecule has 1 rings (SSSR count). The van der Waals surface area contributed by atoms with Crippen LogP contribution in [0.25, 0.3) is 0 Å². The molecule has 0 aliphatic carbocycles. The van der Waals surface area contributed by atoms with Gasteiger partial charge in [0.1, 0.15) is 17.8 Å². The maximum absolute atomic E-state index is 13.2. The maximum atomic E-state index is 13.2. The third-order valence-electron chi connectivity index (χ3n) is 5.17. The highest BCUT2D eigenvalue weighted by atomic mass is 32.1. The second-order valence-electron chi connectivity index (χ2n) is 8.30. The summed E-state index contributed by atoms with van der Waals surface area (Å²) in [6, 6.07) is 0.883. The Morgan fingerprint density at radius 1 is 1.00 bits per heavy atom. The SMILES string of the molecule is CC(O)C(NC(=O)C(CCCN=C(N)N)NC(=O)C(Cc1ccc(O)cc1)NC(=O)C(N)CS)C(=O)O. The molecule has 12 N–H and O–H groups in total. The number of phenols is 1. The number of carboxylic acids is 1. The summed E-state index contributed by atoms with van der Waals surface area (Å²) in [6.07, 6.45) is -1.17. The lowest BCUT2D eigenvalue weighted by atomic mass is 10.0. The topological polar surface area (TPSA) is 255 Å². The number of phenolic OH excluding ortho intramolecular Hbond substituents is 1. The molecule has 0 fully saturated rings. The number of rotatable bonds is 15. The van der Waals surface area contributed by atoms with Gasteiger partial charge in [-0.15, -0.1) is 0 Å². The van der Waals surface area contributed by atoms with Gasteiger partial charge in [-0.25, -0.2) is 4.79 Å². The van der Waals surface area contributed by atoms with Crippen molar-refractivity contribution in [2.24, 2.45) is 22.2 Å². The van der Waals surface area contributed by atoms with E-state index in [2.05, 4.69) is 33.6 Å². The standard InChI is InChI=1S/C22H35N7O7S/c1-11(30)17(21(35)36)29-19(33)15(3-2-8-26-22(24)25)27-20(34)16(28-18(32)14(23)10-37)9-12-4-6-13(31)7-5-12/h4-7,11,14-17,30-31,37H,2-3,8-10,23H2,1H3,(H,27,34)(H,28,32)(H,29,33)(H,35,36)(H4,24,25,26). The van der Waals surface area contributed by atoms with E-state index in [4.69, 9.17) is 17.2 Å². The molecule has 37 heavy (non-hydrogen) atoms. The molecule has 0 aromatic heterocycles. The number of nitrogens with two attached hydrogens (primary N) is 3. The predicted octanol–water partition coefficient (Wildman–Crippen LogP) is -2.83. The van der Waals surface area contributed by atoms with E-state index in [0.29, 0.717) is 5.56 Å². The number of carbonyl (C=O) groups excluding carboxylic acids is 3. The number of nitrogens with one attached hydrogen (secondary N) is 3. The fourth-order valence-corrected chi connectivity index (χ4v) is 3.29. The number of aromatic hydroxyl groups is 1. The highest BCUT2D eigenvalue weighted by molar-refractivity contribution is 7.80. The first kappa shape index (κ1) is 31.5. The van der Waals surface area contributed by atoms with Gasteiger partial charge in [-0.1, -0.05) is 12.1 Å².